The number of aromatic carboxylic acids is 1. The van der Waals surface area contributed by atoms with E-state index in [1.165, 1.54) is 28.2 Å². The van der Waals surface area contributed by atoms with Gasteiger partial charge in [0.1, 0.15) is 71.4 Å². The van der Waals surface area contributed by atoms with Gasteiger partial charge < -0.3 is 32.9 Å². The average molecular weight is 1880 g/mol. The third-order valence-electron chi connectivity index (χ3n) is 22.7. The standard InChI is InChI=1S/2C31H28Cl3N3O5S.C29H22Cl3NO4/c2*1-37(2)43(39,40)36-31(38)19-10-6-17(7-11-19)22-15-23(22)21-13-12-20(14-27(21)34)41-16-24-29(35-42-30(24)18-8-9-18)28-25(32)4-3-5-26(28)33;30-23-2-1-3-24(31)26(23)27-22(28(37-33-27)16-6-7-16)14-36-18-10-11-19(25(32)12-18)21-13-20(21)15-4-8-17(9-5-15)29(34)35/h2*3-7,10-14,18,22-23H,8-9,15-16H2,1-2H3,(H,36,38);1-5,8-12,16,20-21H,6-7,13-14H2,(H,34,35)/t2*22-,23-;20-,21-/m000/s1. The van der Waals surface area contributed by atoms with E-state index in [4.69, 9.17) is 137 Å². The number of hydrogen-bond acceptors (Lipinski definition) is 16. The van der Waals surface area contributed by atoms with Crippen LogP contribution in [0.2, 0.25) is 45.2 Å². The van der Waals surface area contributed by atoms with Crippen molar-refractivity contribution in [2.45, 2.75) is 131 Å². The number of rotatable bonds is 28. The molecule has 18 rings (SSSR count). The molecule has 0 bridgehead atoms. The molecule has 6 aliphatic rings. The first-order valence-corrected chi connectivity index (χ1v) is 45.8. The Kier molecular flexibility index (Phi) is 25.9. The Morgan fingerprint density at radius 1 is 0.374 bits per heavy atom. The highest BCUT2D eigenvalue weighted by Crippen LogP contribution is 2.60. The first kappa shape index (κ1) is 87.3. The highest BCUT2D eigenvalue weighted by atomic mass is 35.5. The van der Waals surface area contributed by atoms with Gasteiger partial charge in [-0.05, 0) is 236 Å². The molecule has 6 atom stereocenters. The molecule has 6 aliphatic carbocycles. The van der Waals surface area contributed by atoms with Crippen LogP contribution in [0.3, 0.4) is 0 Å². The Hall–Kier alpha value is -9.15. The lowest BCUT2D eigenvalue weighted by atomic mass is 10.0. The molecule has 3 aromatic heterocycles. The summed E-state index contributed by atoms with van der Waals surface area (Å²) in [4.78, 5) is 35.8. The van der Waals surface area contributed by atoms with Crippen molar-refractivity contribution in [2.24, 2.45) is 0 Å². The summed E-state index contributed by atoms with van der Waals surface area (Å²) in [5.74, 6) is 4.57. The molecule has 6 saturated carbocycles. The number of carbonyl (C=O) groups is 3. The summed E-state index contributed by atoms with van der Waals surface area (Å²) < 4.78 is 89.5. The molecule has 6 fully saturated rings. The molecule has 0 aliphatic heterocycles. The van der Waals surface area contributed by atoms with Crippen molar-refractivity contribution in [2.75, 3.05) is 28.2 Å². The topological polar surface area (TPSA) is 276 Å². The van der Waals surface area contributed by atoms with Gasteiger partial charge in [-0.25, -0.2) is 14.2 Å². The van der Waals surface area contributed by atoms with Crippen LogP contribution in [0.25, 0.3) is 33.8 Å². The summed E-state index contributed by atoms with van der Waals surface area (Å²) in [6.07, 6.45) is 9.05. The van der Waals surface area contributed by atoms with E-state index in [0.717, 1.165) is 134 Å². The Morgan fingerprint density at radius 2 is 0.634 bits per heavy atom. The molecular formula is C91H78Cl9N7O14S2. The highest BCUT2D eigenvalue weighted by Gasteiger charge is 2.45. The summed E-state index contributed by atoms with van der Waals surface area (Å²) in [5, 5.41) is 26.9. The summed E-state index contributed by atoms with van der Waals surface area (Å²) in [5.41, 5.74) is 13.3. The fourth-order valence-corrected chi connectivity index (χ4v) is 18.9. The van der Waals surface area contributed by atoms with Crippen LogP contribution in [-0.4, -0.2) is 92.0 Å². The van der Waals surface area contributed by atoms with E-state index in [2.05, 4.69) is 15.5 Å². The minimum atomic E-state index is -3.86. The van der Waals surface area contributed by atoms with Gasteiger partial charge in [0.15, 0.2) is 0 Å². The van der Waals surface area contributed by atoms with Crippen molar-refractivity contribution in [1.82, 2.24) is 33.5 Å². The maximum absolute atomic E-state index is 12.4. The quantitative estimate of drug-likeness (QED) is 0.0411. The van der Waals surface area contributed by atoms with E-state index in [1.54, 1.807) is 91.0 Å². The Morgan fingerprint density at radius 3 is 0.870 bits per heavy atom. The van der Waals surface area contributed by atoms with Gasteiger partial charge in [0.2, 0.25) is 0 Å². The van der Waals surface area contributed by atoms with E-state index in [9.17, 15) is 31.2 Å². The molecule has 3 heterocycles. The second-order valence-electron chi connectivity index (χ2n) is 31.6. The number of halogens is 9. The molecule has 9 aromatic carbocycles. The van der Waals surface area contributed by atoms with Gasteiger partial charge in [-0.1, -0.05) is 193 Å². The largest absolute Gasteiger partial charge is 0.489 e. The molecule has 3 N–H and O–H groups in total. The smallest absolute Gasteiger partial charge is 0.335 e. The number of aromatic nitrogens is 3. The van der Waals surface area contributed by atoms with Crippen LogP contribution in [0.4, 0.5) is 0 Å². The van der Waals surface area contributed by atoms with Crippen LogP contribution < -0.4 is 23.7 Å². The lowest BCUT2D eigenvalue weighted by Crippen LogP contribution is -2.39. The molecule has 636 valence electrons. The Balaban J connectivity index is 0.000000137. The molecule has 123 heavy (non-hydrogen) atoms. The summed E-state index contributed by atoms with van der Waals surface area (Å²) >= 11 is 59.0. The van der Waals surface area contributed by atoms with Gasteiger partial charge in [0, 0.05) is 88.8 Å². The number of carboxylic acid groups (broad SMARTS) is 1. The number of benzene rings is 9. The molecule has 0 unspecified atom stereocenters. The van der Waals surface area contributed by atoms with Gasteiger partial charge in [-0.2, -0.15) is 25.4 Å². The minimum absolute atomic E-state index is 0.226. The zero-order valence-corrected chi connectivity index (χ0v) is 74.6. The van der Waals surface area contributed by atoms with Gasteiger partial charge in [0.05, 0.1) is 52.4 Å². The van der Waals surface area contributed by atoms with E-state index in [1.807, 2.05) is 100 Å². The molecule has 32 heteroatoms. The Labute approximate surface area is 755 Å². The second kappa shape index (κ2) is 36.4. The first-order valence-electron chi connectivity index (χ1n) is 39.5. The van der Waals surface area contributed by atoms with Crippen LogP contribution in [0.1, 0.15) is 209 Å². The number of nitrogens with zero attached hydrogens (tertiary/aromatic N) is 5. The summed E-state index contributed by atoms with van der Waals surface area (Å²) in [6.45, 7) is 0.706. The number of carboxylic acids is 1. The molecule has 21 nitrogen and oxygen atoms in total. The maximum Gasteiger partial charge on any atom is 0.335 e. The van der Waals surface area contributed by atoms with Crippen molar-refractivity contribution >= 4 is 143 Å². The molecule has 0 saturated heterocycles. The lowest BCUT2D eigenvalue weighted by molar-refractivity contribution is 0.0696. The van der Waals surface area contributed by atoms with E-state index in [-0.39, 0.29) is 60.2 Å². The van der Waals surface area contributed by atoms with Gasteiger partial charge >= 0.3 is 26.4 Å². The third-order valence-corrected chi connectivity index (χ3v) is 28.4. The number of carbonyl (C=O) groups excluding carboxylic acids is 2. The van der Waals surface area contributed by atoms with Crippen molar-refractivity contribution in [3.8, 4) is 51.0 Å². The summed E-state index contributed by atoms with van der Waals surface area (Å²) in [7, 11) is -2.31. The van der Waals surface area contributed by atoms with Crippen LogP contribution in [-0.2, 0) is 40.2 Å². The number of nitrogens with one attached hydrogen (secondary N) is 2. The molecule has 12 aromatic rings. The second-order valence-corrected chi connectivity index (χ2v) is 39.0. The summed E-state index contributed by atoms with van der Waals surface area (Å²) in [6, 6.07) is 54.2. The van der Waals surface area contributed by atoms with Gasteiger partial charge in [0.25, 0.3) is 11.8 Å². The van der Waals surface area contributed by atoms with Crippen LogP contribution in [0.15, 0.2) is 196 Å². The van der Waals surface area contributed by atoms with E-state index < -0.39 is 38.2 Å². The van der Waals surface area contributed by atoms with Crippen molar-refractivity contribution < 1.29 is 64.1 Å². The predicted octanol–water partition coefficient (Wildman–Crippen LogP) is 23.9. The van der Waals surface area contributed by atoms with Crippen molar-refractivity contribution in [3.63, 3.8) is 0 Å². The predicted molar refractivity (Wildman–Crippen MR) is 476 cm³/mol. The zero-order valence-electron chi connectivity index (χ0n) is 66.2. The highest BCUT2D eigenvalue weighted by molar-refractivity contribution is 7.88. The van der Waals surface area contributed by atoms with Crippen LogP contribution in [0.5, 0.6) is 17.2 Å². The van der Waals surface area contributed by atoms with Gasteiger partial charge in [-0.3, -0.25) is 9.59 Å². The van der Waals surface area contributed by atoms with Crippen molar-refractivity contribution in [1.29, 1.82) is 0 Å². The maximum atomic E-state index is 12.4. The van der Waals surface area contributed by atoms with Gasteiger partial charge in [-0.15, -0.1) is 0 Å². The normalized spacial score (nSPS) is 18.2. The zero-order chi connectivity index (χ0) is 86.6. The third kappa shape index (κ3) is 19.8. The number of hydrogen-bond donors (Lipinski definition) is 3. The number of ether oxygens (including phenoxy) is 3. The molecule has 2 amide bonds. The average Bonchev–Trinajstić information content (AvgIpc) is 1.64. The molecule has 0 radical (unpaired) electrons. The van der Waals surface area contributed by atoms with E-state index >= 15 is 0 Å². The minimum Gasteiger partial charge on any atom is -0.489 e. The van der Waals surface area contributed by atoms with Crippen LogP contribution >= 0.6 is 104 Å². The SMILES string of the molecule is CN(C)S(=O)(=O)NC(=O)c1ccc([C@@H]2C[C@H]2c2ccc(OCc3c(-c4c(Cl)cccc4Cl)noc3C3CC3)cc2Cl)cc1.CN(C)S(=O)(=O)NC(=O)c1ccc([C@@H]2C[C@H]2c2ccc(OCc3c(-c4c(Cl)cccc4Cl)noc3C3CC3)cc2Cl)cc1.O=C(O)c1ccc([C@@H]2C[C@H]2c2ccc(OCc3c(-c4c(Cl)cccc4Cl)noc3C3CC3)cc2Cl)cc1. The molecule has 0 spiro atoms. The first-order chi connectivity index (χ1) is 59.0. The van der Waals surface area contributed by atoms with Crippen LogP contribution in [0, 0.1) is 0 Å². The lowest BCUT2D eigenvalue weighted by Gasteiger charge is -2.12. The fourth-order valence-electron chi connectivity index (χ4n) is 15.2. The molecular weight excluding hydrogens is 1800 g/mol. The fraction of sp³-hybridized carbons (Fsp3) is 0.275. The number of amides is 2. The Bertz CT molecular complexity index is 5970. The monoisotopic (exact) mass is 1870 g/mol. The van der Waals surface area contributed by atoms with Crippen molar-refractivity contribution in [3.05, 3.63) is 311 Å². The van der Waals surface area contributed by atoms with E-state index in [0.29, 0.717) is 126 Å².